The van der Waals surface area contributed by atoms with E-state index in [1.165, 1.54) is 6.07 Å². The van der Waals surface area contributed by atoms with Crippen LogP contribution >= 0.6 is 0 Å². The van der Waals surface area contributed by atoms with E-state index < -0.39 is 32.2 Å². The van der Waals surface area contributed by atoms with Crippen LogP contribution in [0.5, 0.6) is 0 Å². The van der Waals surface area contributed by atoms with Crippen molar-refractivity contribution >= 4 is 21.6 Å². The Morgan fingerprint density at radius 1 is 1.29 bits per heavy atom. The molecule has 2 aromatic rings. The number of nitrogens with one attached hydrogen (secondary N) is 2. The molecule has 1 saturated heterocycles. The predicted molar refractivity (Wildman–Crippen MR) is 98.3 cm³/mol. The van der Waals surface area contributed by atoms with Crippen molar-refractivity contribution in [3.05, 3.63) is 51.2 Å². The van der Waals surface area contributed by atoms with Gasteiger partial charge in [0.25, 0.3) is 11.5 Å². The highest BCUT2D eigenvalue weighted by Crippen LogP contribution is 2.24. The second-order valence-corrected chi connectivity index (χ2v) is 8.16. The molecule has 0 radical (unpaired) electrons. The number of amides is 1. The number of hydrogen-bond acceptors (Lipinski definition) is 6. The molecule has 1 aromatic heterocycles. The summed E-state index contributed by atoms with van der Waals surface area (Å²) in [5.41, 5.74) is 0.0914. The predicted octanol–water partition coefficient (Wildman–Crippen LogP) is 0.799. The molecule has 3 rings (SSSR count). The molecule has 2 N–H and O–H groups in total. The van der Waals surface area contributed by atoms with Crippen LogP contribution in [-0.2, 0) is 14.8 Å². The summed E-state index contributed by atoms with van der Waals surface area (Å²) >= 11 is 0. The number of rotatable bonds is 4. The zero-order chi connectivity index (χ0) is 20.5. The lowest BCUT2D eigenvalue weighted by molar-refractivity contribution is 0.0729. The van der Waals surface area contributed by atoms with Crippen molar-refractivity contribution in [3.8, 4) is 0 Å². The minimum atomic E-state index is -4.09. The molecule has 0 aliphatic carbocycles. The average molecular weight is 410 g/mol. The summed E-state index contributed by atoms with van der Waals surface area (Å²) in [5.74, 6) is -1.68. The van der Waals surface area contributed by atoms with Gasteiger partial charge in [-0.1, -0.05) is 0 Å². The molecule has 1 aliphatic heterocycles. The van der Waals surface area contributed by atoms with Crippen LogP contribution in [0.25, 0.3) is 0 Å². The molecule has 0 atom stereocenters. The molecule has 0 unspecified atom stereocenters. The summed E-state index contributed by atoms with van der Waals surface area (Å²) in [4.78, 5) is 23.9. The summed E-state index contributed by atoms with van der Waals surface area (Å²) < 4.78 is 45.9. The summed E-state index contributed by atoms with van der Waals surface area (Å²) in [5, 5.41) is 8.45. The van der Waals surface area contributed by atoms with E-state index in [9.17, 15) is 22.4 Å². The topological polar surface area (TPSA) is 121 Å². The summed E-state index contributed by atoms with van der Waals surface area (Å²) in [7, 11) is -4.09. The van der Waals surface area contributed by atoms with E-state index in [1.54, 1.807) is 13.8 Å². The number of sulfonamides is 1. The highest BCUT2D eigenvalue weighted by molar-refractivity contribution is 7.89. The smallest absolute Gasteiger partial charge is 0.277 e. The van der Waals surface area contributed by atoms with Crippen molar-refractivity contribution < 1.29 is 22.3 Å². The number of H-pyrrole nitrogens is 1. The molecule has 28 heavy (non-hydrogen) atoms. The number of anilines is 1. The van der Waals surface area contributed by atoms with Gasteiger partial charge in [0.2, 0.25) is 10.0 Å². The first-order chi connectivity index (χ1) is 13.2. The van der Waals surface area contributed by atoms with Gasteiger partial charge in [0.05, 0.1) is 18.9 Å². The third kappa shape index (κ3) is 3.81. The minimum absolute atomic E-state index is 0.0477. The van der Waals surface area contributed by atoms with Gasteiger partial charge < -0.3 is 10.1 Å². The van der Waals surface area contributed by atoms with Crippen LogP contribution in [0.1, 0.15) is 21.6 Å². The number of aromatic amines is 1. The van der Waals surface area contributed by atoms with Crippen LogP contribution < -0.4 is 10.9 Å². The Morgan fingerprint density at radius 3 is 2.64 bits per heavy atom. The first-order valence-electron chi connectivity index (χ1n) is 8.46. The standard InChI is InChI=1S/C17H19FN4O5S/c1-10-11(2)20-21-17(24)15(10)16(23)19-12-3-4-13(18)14(9-12)28(25,26)22-5-7-27-8-6-22/h3-4,9H,5-8H2,1-2H3,(H,19,23)(H,21,24). The zero-order valence-corrected chi connectivity index (χ0v) is 16.1. The van der Waals surface area contributed by atoms with Crippen LogP contribution in [0.4, 0.5) is 10.1 Å². The van der Waals surface area contributed by atoms with Gasteiger partial charge in [0, 0.05) is 18.8 Å². The van der Waals surface area contributed by atoms with Crippen molar-refractivity contribution in [2.75, 3.05) is 31.6 Å². The highest BCUT2D eigenvalue weighted by atomic mass is 32.2. The fraction of sp³-hybridized carbons (Fsp3) is 0.353. The van der Waals surface area contributed by atoms with Crippen molar-refractivity contribution in [2.24, 2.45) is 0 Å². The molecule has 1 aliphatic rings. The number of carbonyl (C=O) groups excluding carboxylic acids is 1. The number of aryl methyl sites for hydroxylation is 1. The van der Waals surface area contributed by atoms with Crippen LogP contribution in [0.2, 0.25) is 0 Å². The second kappa shape index (κ2) is 7.78. The van der Waals surface area contributed by atoms with Gasteiger partial charge >= 0.3 is 0 Å². The zero-order valence-electron chi connectivity index (χ0n) is 15.3. The molecule has 1 fully saturated rings. The second-order valence-electron chi connectivity index (χ2n) is 6.25. The number of halogens is 1. The lowest BCUT2D eigenvalue weighted by Crippen LogP contribution is -2.40. The maximum absolute atomic E-state index is 14.2. The van der Waals surface area contributed by atoms with Gasteiger partial charge in [0.15, 0.2) is 0 Å². The van der Waals surface area contributed by atoms with Crippen LogP contribution in [0.3, 0.4) is 0 Å². The van der Waals surface area contributed by atoms with Gasteiger partial charge in [-0.2, -0.15) is 9.40 Å². The lowest BCUT2D eigenvalue weighted by atomic mass is 10.1. The monoisotopic (exact) mass is 410 g/mol. The Kier molecular flexibility index (Phi) is 5.59. The third-order valence-corrected chi connectivity index (χ3v) is 6.39. The van der Waals surface area contributed by atoms with E-state index in [2.05, 4.69) is 15.5 Å². The SMILES string of the molecule is Cc1n[nH]c(=O)c(C(=O)Nc2ccc(F)c(S(=O)(=O)N3CCOCC3)c2)c1C. The summed E-state index contributed by atoms with van der Waals surface area (Å²) in [6, 6.07) is 3.22. The van der Waals surface area contributed by atoms with Gasteiger partial charge in [-0.15, -0.1) is 0 Å². The van der Waals surface area contributed by atoms with Crippen molar-refractivity contribution in [1.82, 2.24) is 14.5 Å². The molecule has 0 bridgehead atoms. The molecule has 0 spiro atoms. The van der Waals surface area contributed by atoms with E-state index in [-0.39, 0.29) is 37.6 Å². The molecule has 9 nitrogen and oxygen atoms in total. The van der Waals surface area contributed by atoms with Crippen molar-refractivity contribution in [3.63, 3.8) is 0 Å². The van der Waals surface area contributed by atoms with Gasteiger partial charge in [0.1, 0.15) is 16.3 Å². The van der Waals surface area contributed by atoms with Crippen LogP contribution in [0.15, 0.2) is 27.9 Å². The third-order valence-electron chi connectivity index (χ3n) is 4.47. The fourth-order valence-electron chi connectivity index (χ4n) is 2.80. The number of hydrogen-bond donors (Lipinski definition) is 2. The Morgan fingerprint density at radius 2 is 1.96 bits per heavy atom. The molecule has 0 saturated carbocycles. The first kappa shape index (κ1) is 20.1. The molecular weight excluding hydrogens is 391 g/mol. The Hall–Kier alpha value is -2.63. The number of ether oxygens (including phenoxy) is 1. The first-order valence-corrected chi connectivity index (χ1v) is 9.90. The van der Waals surface area contributed by atoms with Crippen LogP contribution in [-0.4, -0.2) is 55.1 Å². The van der Waals surface area contributed by atoms with Crippen molar-refractivity contribution in [2.45, 2.75) is 18.7 Å². The van der Waals surface area contributed by atoms with Gasteiger partial charge in [-0.25, -0.2) is 17.9 Å². The lowest BCUT2D eigenvalue weighted by Gasteiger charge is -2.26. The highest BCUT2D eigenvalue weighted by Gasteiger charge is 2.29. The summed E-state index contributed by atoms with van der Waals surface area (Å²) in [6.45, 7) is 3.88. The number of morpholine rings is 1. The number of carbonyl (C=O) groups is 1. The Labute approximate surface area is 160 Å². The van der Waals surface area contributed by atoms with E-state index in [1.807, 2.05) is 0 Å². The normalized spacial score (nSPS) is 15.4. The molecule has 1 aromatic carbocycles. The minimum Gasteiger partial charge on any atom is -0.379 e. The van der Waals surface area contributed by atoms with Crippen molar-refractivity contribution in [1.29, 1.82) is 0 Å². The largest absolute Gasteiger partial charge is 0.379 e. The van der Waals surface area contributed by atoms with E-state index in [0.717, 1.165) is 16.4 Å². The average Bonchev–Trinajstić information content (AvgIpc) is 2.67. The Bertz CT molecular complexity index is 1080. The Balaban J connectivity index is 1.93. The number of benzene rings is 1. The van der Waals surface area contributed by atoms with E-state index in [4.69, 9.17) is 4.74 Å². The molecule has 150 valence electrons. The van der Waals surface area contributed by atoms with Gasteiger partial charge in [-0.3, -0.25) is 9.59 Å². The maximum atomic E-state index is 14.2. The molecular formula is C17H19FN4O5S. The molecule has 2 heterocycles. The summed E-state index contributed by atoms with van der Waals surface area (Å²) in [6.07, 6.45) is 0. The quantitative estimate of drug-likeness (QED) is 0.769. The maximum Gasteiger partial charge on any atom is 0.277 e. The van der Waals surface area contributed by atoms with E-state index in [0.29, 0.717) is 11.3 Å². The van der Waals surface area contributed by atoms with Crippen LogP contribution in [0, 0.1) is 19.7 Å². The van der Waals surface area contributed by atoms with Gasteiger partial charge in [-0.05, 0) is 37.6 Å². The number of aromatic nitrogens is 2. The fourth-order valence-corrected chi connectivity index (χ4v) is 4.30. The molecule has 11 heteroatoms. The number of nitrogens with zero attached hydrogens (tertiary/aromatic N) is 2. The van der Waals surface area contributed by atoms with E-state index >= 15 is 0 Å². The molecule has 1 amide bonds.